The van der Waals surface area contributed by atoms with Gasteiger partial charge in [0.2, 0.25) is 0 Å². The van der Waals surface area contributed by atoms with E-state index in [0.717, 1.165) is 23.9 Å². The van der Waals surface area contributed by atoms with Crippen molar-refractivity contribution in [2.45, 2.75) is 26.5 Å². The van der Waals surface area contributed by atoms with E-state index >= 15 is 0 Å². The number of nitrogens with zero attached hydrogens (tertiary/aromatic N) is 2. The first-order chi connectivity index (χ1) is 6.29. The molecule has 4 heteroatoms. The summed E-state index contributed by atoms with van der Waals surface area (Å²) in [6.07, 6.45) is 3.20. The van der Waals surface area contributed by atoms with E-state index < -0.39 is 6.10 Å². The Labute approximate surface area is 83.2 Å². The molecule has 0 aliphatic rings. The second-order valence-corrected chi connectivity index (χ2v) is 4.07. The van der Waals surface area contributed by atoms with Gasteiger partial charge in [0.25, 0.3) is 0 Å². The molecule has 0 fully saturated rings. The number of aromatic nitrogens is 2. The van der Waals surface area contributed by atoms with Gasteiger partial charge < -0.3 is 9.67 Å². The summed E-state index contributed by atoms with van der Waals surface area (Å²) in [5, 5.41) is 9.75. The quantitative estimate of drug-likeness (QED) is 0.786. The lowest BCUT2D eigenvalue weighted by atomic mass is 10.4. The van der Waals surface area contributed by atoms with Crippen LogP contribution in [0.2, 0.25) is 0 Å². The van der Waals surface area contributed by atoms with Crippen LogP contribution in [0.15, 0.2) is 12.4 Å². The van der Waals surface area contributed by atoms with Crippen LogP contribution in [0.5, 0.6) is 0 Å². The number of aliphatic hydroxyl groups excluding tert-OH is 1. The van der Waals surface area contributed by atoms with Crippen LogP contribution in [0.4, 0.5) is 0 Å². The van der Waals surface area contributed by atoms with Gasteiger partial charge in [-0.15, -0.1) is 0 Å². The molecule has 0 spiro atoms. The standard InChI is InChI=1S/C9H16N2OS/c1-3-11-6-5-10-9(11)8(12)7-13-4-2/h5-6,8,12H,3-4,7H2,1-2H3. The van der Waals surface area contributed by atoms with E-state index in [2.05, 4.69) is 11.9 Å². The Morgan fingerprint density at radius 2 is 2.38 bits per heavy atom. The summed E-state index contributed by atoms with van der Waals surface area (Å²) in [7, 11) is 0. The molecule has 0 aromatic carbocycles. The minimum atomic E-state index is -0.431. The Balaban J connectivity index is 2.59. The van der Waals surface area contributed by atoms with Gasteiger partial charge in [0.1, 0.15) is 11.9 Å². The smallest absolute Gasteiger partial charge is 0.138 e. The molecule has 0 radical (unpaired) electrons. The predicted octanol–water partition coefficient (Wildman–Crippen LogP) is 1.69. The summed E-state index contributed by atoms with van der Waals surface area (Å²) in [4.78, 5) is 4.14. The maximum absolute atomic E-state index is 9.75. The van der Waals surface area contributed by atoms with Gasteiger partial charge in [-0.2, -0.15) is 11.8 Å². The molecular weight excluding hydrogens is 184 g/mol. The van der Waals surface area contributed by atoms with Crippen LogP contribution in [-0.4, -0.2) is 26.2 Å². The van der Waals surface area contributed by atoms with Crippen molar-refractivity contribution in [3.8, 4) is 0 Å². The lowest BCUT2D eigenvalue weighted by Crippen LogP contribution is -2.09. The van der Waals surface area contributed by atoms with Crippen molar-refractivity contribution in [3.63, 3.8) is 0 Å². The number of aryl methyl sites for hydroxylation is 1. The zero-order chi connectivity index (χ0) is 9.68. The molecule has 1 aromatic heterocycles. The van der Waals surface area contributed by atoms with Gasteiger partial charge >= 0.3 is 0 Å². The first-order valence-corrected chi connectivity index (χ1v) is 5.71. The number of imidazole rings is 1. The van der Waals surface area contributed by atoms with Crippen molar-refractivity contribution >= 4 is 11.8 Å². The van der Waals surface area contributed by atoms with Gasteiger partial charge in [0.15, 0.2) is 0 Å². The molecule has 1 aromatic rings. The fourth-order valence-electron chi connectivity index (χ4n) is 1.19. The Hall–Kier alpha value is -0.480. The first kappa shape index (κ1) is 10.6. The molecule has 74 valence electrons. The summed E-state index contributed by atoms with van der Waals surface area (Å²) < 4.78 is 1.97. The summed E-state index contributed by atoms with van der Waals surface area (Å²) in [6, 6.07) is 0. The Kier molecular flexibility index (Phi) is 4.32. The molecule has 1 N–H and O–H groups in total. The van der Waals surface area contributed by atoms with Gasteiger partial charge in [0.05, 0.1) is 0 Å². The van der Waals surface area contributed by atoms with Crippen LogP contribution in [0.3, 0.4) is 0 Å². The molecule has 3 nitrogen and oxygen atoms in total. The maximum atomic E-state index is 9.75. The Morgan fingerprint density at radius 3 is 3.00 bits per heavy atom. The van der Waals surface area contributed by atoms with Crippen LogP contribution < -0.4 is 0 Å². The first-order valence-electron chi connectivity index (χ1n) is 4.56. The highest BCUT2D eigenvalue weighted by atomic mass is 32.2. The van der Waals surface area contributed by atoms with E-state index in [9.17, 15) is 5.11 Å². The van der Waals surface area contributed by atoms with E-state index in [0.29, 0.717) is 0 Å². The molecular formula is C9H16N2OS. The van der Waals surface area contributed by atoms with Crippen molar-refractivity contribution in [1.82, 2.24) is 9.55 Å². The van der Waals surface area contributed by atoms with Crippen LogP contribution in [-0.2, 0) is 6.54 Å². The van der Waals surface area contributed by atoms with E-state index in [1.165, 1.54) is 0 Å². The number of hydrogen-bond donors (Lipinski definition) is 1. The highest BCUT2D eigenvalue weighted by molar-refractivity contribution is 7.99. The van der Waals surface area contributed by atoms with Crippen LogP contribution in [0.1, 0.15) is 25.8 Å². The van der Waals surface area contributed by atoms with Gasteiger partial charge in [-0.1, -0.05) is 6.92 Å². The molecule has 1 unspecified atom stereocenters. The molecule has 0 bridgehead atoms. The van der Waals surface area contributed by atoms with E-state index in [-0.39, 0.29) is 0 Å². The molecule has 0 saturated heterocycles. The largest absolute Gasteiger partial charge is 0.384 e. The Morgan fingerprint density at radius 1 is 1.62 bits per heavy atom. The minimum Gasteiger partial charge on any atom is -0.384 e. The number of hydrogen-bond acceptors (Lipinski definition) is 3. The van der Waals surface area contributed by atoms with E-state index in [1.54, 1.807) is 18.0 Å². The topological polar surface area (TPSA) is 38.1 Å². The summed E-state index contributed by atoms with van der Waals surface area (Å²) in [6.45, 7) is 5.00. The fraction of sp³-hybridized carbons (Fsp3) is 0.667. The van der Waals surface area contributed by atoms with Crippen molar-refractivity contribution in [1.29, 1.82) is 0 Å². The number of thioether (sulfide) groups is 1. The van der Waals surface area contributed by atoms with Gasteiger partial charge in [-0.25, -0.2) is 4.98 Å². The second kappa shape index (κ2) is 5.29. The van der Waals surface area contributed by atoms with Gasteiger partial charge in [-0.05, 0) is 12.7 Å². The Bertz CT molecular complexity index is 250. The molecule has 0 amide bonds. The predicted molar refractivity (Wildman–Crippen MR) is 55.9 cm³/mol. The summed E-state index contributed by atoms with van der Waals surface area (Å²) in [5.74, 6) is 2.54. The van der Waals surface area contributed by atoms with E-state index in [4.69, 9.17) is 0 Å². The summed E-state index contributed by atoms with van der Waals surface area (Å²) in [5.41, 5.74) is 0. The highest BCUT2D eigenvalue weighted by Gasteiger charge is 2.12. The van der Waals surface area contributed by atoms with Crippen molar-refractivity contribution < 1.29 is 5.11 Å². The highest BCUT2D eigenvalue weighted by Crippen LogP contribution is 2.16. The normalized spacial score (nSPS) is 13.2. The zero-order valence-corrected chi connectivity index (χ0v) is 8.92. The van der Waals surface area contributed by atoms with Crippen LogP contribution in [0.25, 0.3) is 0 Å². The van der Waals surface area contributed by atoms with Crippen molar-refractivity contribution in [2.24, 2.45) is 0 Å². The maximum Gasteiger partial charge on any atom is 0.138 e. The van der Waals surface area contributed by atoms with Crippen molar-refractivity contribution in [3.05, 3.63) is 18.2 Å². The lowest BCUT2D eigenvalue weighted by Gasteiger charge is -2.10. The fourth-order valence-corrected chi connectivity index (χ4v) is 1.80. The monoisotopic (exact) mass is 200 g/mol. The number of rotatable bonds is 5. The molecule has 0 aliphatic carbocycles. The third-order valence-electron chi connectivity index (χ3n) is 1.87. The van der Waals surface area contributed by atoms with E-state index in [1.807, 2.05) is 17.7 Å². The molecule has 0 saturated carbocycles. The lowest BCUT2D eigenvalue weighted by molar-refractivity contribution is 0.189. The zero-order valence-electron chi connectivity index (χ0n) is 8.10. The third-order valence-corrected chi connectivity index (χ3v) is 2.83. The third kappa shape index (κ3) is 2.74. The van der Waals surface area contributed by atoms with Crippen LogP contribution >= 0.6 is 11.8 Å². The average Bonchev–Trinajstić information content (AvgIpc) is 2.61. The molecule has 1 heterocycles. The SMILES string of the molecule is CCSCC(O)c1nccn1CC. The number of aliphatic hydroxyl groups is 1. The molecule has 1 rings (SSSR count). The molecule has 13 heavy (non-hydrogen) atoms. The van der Waals surface area contributed by atoms with Crippen LogP contribution in [0, 0.1) is 0 Å². The minimum absolute atomic E-state index is 0.431. The molecule has 1 atom stereocenters. The van der Waals surface area contributed by atoms with Gasteiger partial charge in [-0.3, -0.25) is 0 Å². The average molecular weight is 200 g/mol. The van der Waals surface area contributed by atoms with Gasteiger partial charge in [0, 0.05) is 24.7 Å². The second-order valence-electron chi connectivity index (χ2n) is 2.75. The summed E-state index contributed by atoms with van der Waals surface area (Å²) >= 11 is 1.73. The van der Waals surface area contributed by atoms with Crippen molar-refractivity contribution in [2.75, 3.05) is 11.5 Å². The molecule has 0 aliphatic heterocycles.